The first-order valence-corrected chi connectivity index (χ1v) is 10.6. The maximum absolute atomic E-state index is 12.3. The van der Waals surface area contributed by atoms with Crippen LogP contribution < -0.4 is 10.2 Å². The van der Waals surface area contributed by atoms with Crippen molar-refractivity contribution >= 4 is 21.4 Å². The Morgan fingerprint density at radius 2 is 1.96 bits per heavy atom. The van der Waals surface area contributed by atoms with Crippen molar-refractivity contribution in [2.45, 2.75) is 25.8 Å². The van der Waals surface area contributed by atoms with Crippen molar-refractivity contribution in [2.24, 2.45) is 0 Å². The van der Waals surface area contributed by atoms with E-state index in [-0.39, 0.29) is 17.4 Å². The summed E-state index contributed by atoms with van der Waals surface area (Å²) in [4.78, 5) is 16.8. The molecular formula is C18H27N3O3S. The van der Waals surface area contributed by atoms with E-state index in [0.29, 0.717) is 13.0 Å². The number of benzene rings is 1. The predicted molar refractivity (Wildman–Crippen MR) is 99.7 cm³/mol. The van der Waals surface area contributed by atoms with E-state index in [4.69, 9.17) is 0 Å². The van der Waals surface area contributed by atoms with Gasteiger partial charge in [0.1, 0.15) is 0 Å². The third-order valence-electron chi connectivity index (χ3n) is 5.05. The van der Waals surface area contributed by atoms with Crippen LogP contribution in [-0.4, -0.2) is 69.0 Å². The van der Waals surface area contributed by atoms with Gasteiger partial charge in [-0.25, -0.2) is 8.42 Å². The molecule has 138 valence electrons. The number of carbonyl (C=O) groups excluding carboxylic acids is 1. The van der Waals surface area contributed by atoms with E-state index in [0.717, 1.165) is 26.2 Å². The van der Waals surface area contributed by atoms with E-state index in [1.807, 2.05) is 6.92 Å². The molecule has 0 saturated carbocycles. The Bertz CT molecular complexity index is 742. The van der Waals surface area contributed by atoms with Gasteiger partial charge in [0.25, 0.3) is 0 Å². The highest BCUT2D eigenvalue weighted by molar-refractivity contribution is 7.91. The summed E-state index contributed by atoms with van der Waals surface area (Å²) in [6.45, 7) is 7.69. The fraction of sp³-hybridized carbons (Fsp3) is 0.611. The molecule has 2 saturated heterocycles. The van der Waals surface area contributed by atoms with Crippen LogP contribution in [0.4, 0.5) is 5.69 Å². The number of rotatable bonds is 4. The molecule has 6 nitrogen and oxygen atoms in total. The molecule has 1 atom stereocenters. The molecule has 1 aromatic rings. The lowest BCUT2D eigenvalue weighted by Crippen LogP contribution is -2.53. The number of piperazine rings is 1. The van der Waals surface area contributed by atoms with Crippen molar-refractivity contribution in [1.29, 1.82) is 0 Å². The number of anilines is 1. The van der Waals surface area contributed by atoms with Gasteiger partial charge in [-0.1, -0.05) is 12.1 Å². The smallest absolute Gasteiger partial charge is 0.234 e. The van der Waals surface area contributed by atoms with Gasteiger partial charge < -0.3 is 10.2 Å². The first-order chi connectivity index (χ1) is 11.7. The number of hydrogen-bond acceptors (Lipinski definition) is 5. The number of nitrogens with zero attached hydrogens (tertiary/aromatic N) is 2. The fourth-order valence-electron chi connectivity index (χ4n) is 3.68. The molecule has 0 bridgehead atoms. The van der Waals surface area contributed by atoms with Gasteiger partial charge in [-0.05, 0) is 38.0 Å². The van der Waals surface area contributed by atoms with Crippen molar-refractivity contribution in [3.05, 3.63) is 29.8 Å². The molecule has 2 heterocycles. The summed E-state index contributed by atoms with van der Waals surface area (Å²) < 4.78 is 23.3. The van der Waals surface area contributed by atoms with E-state index in [2.05, 4.69) is 46.3 Å². The maximum Gasteiger partial charge on any atom is 0.234 e. The van der Waals surface area contributed by atoms with Gasteiger partial charge >= 0.3 is 0 Å². The second-order valence-electron chi connectivity index (χ2n) is 7.55. The molecule has 1 aromatic carbocycles. The van der Waals surface area contributed by atoms with Crippen LogP contribution >= 0.6 is 0 Å². The molecule has 2 fully saturated rings. The highest BCUT2D eigenvalue weighted by Crippen LogP contribution is 2.23. The van der Waals surface area contributed by atoms with Crippen molar-refractivity contribution in [3.8, 4) is 0 Å². The molecule has 2 aliphatic heterocycles. The molecule has 0 aliphatic carbocycles. The lowest BCUT2D eigenvalue weighted by Gasteiger charge is -2.36. The van der Waals surface area contributed by atoms with E-state index in [1.54, 1.807) is 0 Å². The number of carbonyl (C=O) groups is 1. The van der Waals surface area contributed by atoms with Crippen LogP contribution in [-0.2, 0) is 14.6 Å². The highest BCUT2D eigenvalue weighted by Gasteiger charge is 2.39. The minimum absolute atomic E-state index is 0.0485. The fourth-order valence-corrected chi connectivity index (χ4v) is 5.77. The molecule has 25 heavy (non-hydrogen) atoms. The van der Waals surface area contributed by atoms with Gasteiger partial charge in [0.2, 0.25) is 5.91 Å². The van der Waals surface area contributed by atoms with Gasteiger partial charge in [-0.2, -0.15) is 0 Å². The summed E-state index contributed by atoms with van der Waals surface area (Å²) in [5.74, 6) is 0.134. The monoisotopic (exact) mass is 365 g/mol. The quantitative estimate of drug-likeness (QED) is 0.855. The summed E-state index contributed by atoms with van der Waals surface area (Å²) in [6.07, 6.45) is 0.502. The van der Waals surface area contributed by atoms with Gasteiger partial charge in [0.05, 0.1) is 23.6 Å². The van der Waals surface area contributed by atoms with Crippen molar-refractivity contribution in [3.63, 3.8) is 0 Å². The Labute approximate surface area is 150 Å². The average Bonchev–Trinajstić information content (AvgIpc) is 2.81. The van der Waals surface area contributed by atoms with Crippen LogP contribution in [0.2, 0.25) is 0 Å². The first kappa shape index (κ1) is 18.2. The van der Waals surface area contributed by atoms with E-state index in [1.165, 1.54) is 11.3 Å². The second-order valence-corrected chi connectivity index (χ2v) is 9.74. The molecule has 0 aromatic heterocycles. The van der Waals surface area contributed by atoms with E-state index >= 15 is 0 Å². The van der Waals surface area contributed by atoms with Crippen LogP contribution in [0, 0.1) is 6.92 Å². The lowest BCUT2D eigenvalue weighted by atomic mass is 10.0. The number of aryl methyl sites for hydroxylation is 1. The third kappa shape index (κ3) is 4.73. The minimum Gasteiger partial charge on any atom is -0.369 e. The van der Waals surface area contributed by atoms with Crippen LogP contribution in [0.15, 0.2) is 24.3 Å². The number of nitrogens with one attached hydrogen (secondary N) is 1. The number of hydrogen-bond donors (Lipinski definition) is 1. The lowest BCUT2D eigenvalue weighted by molar-refractivity contribution is -0.123. The zero-order chi connectivity index (χ0) is 18.1. The summed E-state index contributed by atoms with van der Waals surface area (Å²) >= 11 is 0. The number of sulfone groups is 1. The van der Waals surface area contributed by atoms with Crippen LogP contribution in [0.1, 0.15) is 18.9 Å². The van der Waals surface area contributed by atoms with Gasteiger partial charge in [-0.3, -0.25) is 9.69 Å². The Kier molecular flexibility index (Phi) is 5.06. The Hall–Kier alpha value is -1.60. The Morgan fingerprint density at radius 3 is 2.56 bits per heavy atom. The van der Waals surface area contributed by atoms with Gasteiger partial charge in [0, 0.05) is 31.9 Å². The highest BCUT2D eigenvalue weighted by atomic mass is 32.2. The summed E-state index contributed by atoms with van der Waals surface area (Å²) in [6, 6.07) is 8.47. The van der Waals surface area contributed by atoms with Crippen LogP contribution in [0.3, 0.4) is 0 Å². The average molecular weight is 365 g/mol. The first-order valence-electron chi connectivity index (χ1n) is 8.80. The van der Waals surface area contributed by atoms with Crippen LogP contribution in [0.25, 0.3) is 0 Å². The summed E-state index contributed by atoms with van der Waals surface area (Å²) in [5, 5.41) is 2.94. The van der Waals surface area contributed by atoms with Gasteiger partial charge in [0.15, 0.2) is 9.84 Å². The van der Waals surface area contributed by atoms with E-state index < -0.39 is 15.4 Å². The normalized spacial score (nSPS) is 26.6. The summed E-state index contributed by atoms with van der Waals surface area (Å²) in [5.41, 5.74) is 1.87. The molecule has 3 rings (SSSR count). The number of amides is 1. The molecule has 2 aliphatic rings. The van der Waals surface area contributed by atoms with E-state index in [9.17, 15) is 13.2 Å². The predicted octanol–water partition coefficient (Wildman–Crippen LogP) is 0.810. The standard InChI is InChI=1S/C18H27N3O3S/c1-15-4-3-5-16(12-15)21-9-7-20(8-10-21)13-17(22)19-18(2)6-11-25(23,24)14-18/h3-5,12H,6-11,13-14H2,1-2H3,(H,19,22)/t18-/m1/s1. The zero-order valence-electron chi connectivity index (χ0n) is 15.0. The topological polar surface area (TPSA) is 69.7 Å². The molecule has 0 radical (unpaired) electrons. The van der Waals surface area contributed by atoms with Crippen LogP contribution in [0.5, 0.6) is 0 Å². The Morgan fingerprint density at radius 1 is 1.24 bits per heavy atom. The molecule has 1 amide bonds. The molecule has 0 unspecified atom stereocenters. The van der Waals surface area contributed by atoms with Gasteiger partial charge in [-0.15, -0.1) is 0 Å². The zero-order valence-corrected chi connectivity index (χ0v) is 15.8. The Balaban J connectivity index is 1.48. The maximum atomic E-state index is 12.3. The van der Waals surface area contributed by atoms with Crippen molar-refractivity contribution in [1.82, 2.24) is 10.2 Å². The molecule has 7 heteroatoms. The third-order valence-corrected chi connectivity index (χ3v) is 6.95. The summed E-state index contributed by atoms with van der Waals surface area (Å²) in [7, 11) is -3.01. The minimum atomic E-state index is -3.01. The molecular weight excluding hydrogens is 338 g/mol. The largest absolute Gasteiger partial charge is 0.369 e. The molecule has 1 N–H and O–H groups in total. The van der Waals surface area contributed by atoms with Crippen molar-refractivity contribution in [2.75, 3.05) is 49.1 Å². The second kappa shape index (κ2) is 6.96. The molecule has 0 spiro atoms. The van der Waals surface area contributed by atoms with Crippen molar-refractivity contribution < 1.29 is 13.2 Å². The SMILES string of the molecule is Cc1cccc(N2CCN(CC(=O)N[C@]3(C)CCS(=O)(=O)C3)CC2)c1.